The molecule has 1 atom stereocenters. The summed E-state index contributed by atoms with van der Waals surface area (Å²) in [4.78, 5) is 14.9. The van der Waals surface area contributed by atoms with Gasteiger partial charge in [0.05, 0.1) is 18.3 Å². The first-order valence-electron chi connectivity index (χ1n) is 8.77. The van der Waals surface area contributed by atoms with E-state index >= 15 is 0 Å². The number of fused-ring (bicyclic) bond motifs is 1. The van der Waals surface area contributed by atoms with E-state index in [1.165, 1.54) is 41.1 Å². The molecule has 2 aromatic carbocycles. The fourth-order valence-corrected chi connectivity index (χ4v) is 3.04. The average Bonchev–Trinajstić information content (AvgIpc) is 3.16. The van der Waals surface area contributed by atoms with Crippen LogP contribution in [0.5, 0.6) is 0 Å². The Balaban J connectivity index is 1.56. The molecule has 0 saturated carbocycles. The van der Waals surface area contributed by atoms with Crippen LogP contribution in [0.25, 0.3) is 22.2 Å². The third kappa shape index (κ3) is 3.94. The molecular weight excluding hydrogens is 404 g/mol. The summed E-state index contributed by atoms with van der Waals surface area (Å²) in [7, 11) is 0. The highest BCUT2D eigenvalue weighted by molar-refractivity contribution is 5.78. The Labute approximate surface area is 166 Å². The van der Waals surface area contributed by atoms with Gasteiger partial charge in [-0.25, -0.2) is 9.07 Å². The van der Waals surface area contributed by atoms with Gasteiger partial charge in [0.15, 0.2) is 6.10 Å². The molecular formula is C20H14F4N4O2. The lowest BCUT2D eigenvalue weighted by molar-refractivity contribution is -0.206. The maximum Gasteiger partial charge on any atom is 0.418 e. The van der Waals surface area contributed by atoms with E-state index in [1.54, 1.807) is 18.3 Å². The highest BCUT2D eigenvalue weighted by Gasteiger charge is 2.39. The van der Waals surface area contributed by atoms with Gasteiger partial charge in [0, 0.05) is 11.1 Å². The number of aromatic amines is 1. The van der Waals surface area contributed by atoms with Crippen molar-refractivity contribution in [2.45, 2.75) is 18.8 Å². The summed E-state index contributed by atoms with van der Waals surface area (Å²) in [5, 5.41) is 17.9. The predicted octanol–water partition coefficient (Wildman–Crippen LogP) is 3.57. The second-order valence-corrected chi connectivity index (χ2v) is 6.72. The van der Waals surface area contributed by atoms with Crippen molar-refractivity contribution in [3.8, 4) is 11.3 Å². The number of rotatable bonds is 4. The lowest BCUT2D eigenvalue weighted by Gasteiger charge is -2.14. The van der Waals surface area contributed by atoms with Crippen molar-refractivity contribution in [3.05, 3.63) is 82.0 Å². The van der Waals surface area contributed by atoms with Gasteiger partial charge in [0.1, 0.15) is 11.5 Å². The molecule has 2 aromatic heterocycles. The van der Waals surface area contributed by atoms with Crippen LogP contribution < -0.4 is 5.56 Å². The number of halogens is 4. The van der Waals surface area contributed by atoms with Gasteiger partial charge in [-0.15, -0.1) is 5.10 Å². The largest absolute Gasteiger partial charge is 0.418 e. The third-order valence-electron chi connectivity index (χ3n) is 4.59. The fourth-order valence-electron chi connectivity index (χ4n) is 3.04. The number of H-pyrrole nitrogens is 1. The zero-order valence-electron chi connectivity index (χ0n) is 15.2. The molecule has 0 amide bonds. The Morgan fingerprint density at radius 1 is 1.10 bits per heavy atom. The molecule has 0 aliphatic rings. The SMILES string of the molecule is O=c1[nH]c2cc(F)ccc2cc1Cn1cc(-c2ccc(C(O)C(F)(F)F)cc2)nn1. The molecule has 0 saturated heterocycles. The highest BCUT2D eigenvalue weighted by Crippen LogP contribution is 2.33. The van der Waals surface area contributed by atoms with Crippen molar-refractivity contribution in [2.24, 2.45) is 0 Å². The molecule has 4 rings (SSSR count). The fraction of sp³-hybridized carbons (Fsp3) is 0.150. The van der Waals surface area contributed by atoms with E-state index in [0.717, 1.165) is 0 Å². The molecule has 0 aliphatic carbocycles. The topological polar surface area (TPSA) is 83.8 Å². The Hall–Kier alpha value is -3.53. The Morgan fingerprint density at radius 3 is 2.53 bits per heavy atom. The second-order valence-electron chi connectivity index (χ2n) is 6.72. The lowest BCUT2D eigenvalue weighted by Crippen LogP contribution is -2.19. The molecule has 0 radical (unpaired) electrons. The second kappa shape index (κ2) is 7.38. The van der Waals surface area contributed by atoms with E-state index in [4.69, 9.17) is 0 Å². The summed E-state index contributed by atoms with van der Waals surface area (Å²) < 4.78 is 52.5. The lowest BCUT2D eigenvalue weighted by atomic mass is 10.1. The molecule has 10 heteroatoms. The number of nitrogens with zero attached hydrogens (tertiary/aromatic N) is 3. The predicted molar refractivity (Wildman–Crippen MR) is 100 cm³/mol. The van der Waals surface area contributed by atoms with Crippen LogP contribution in [0.2, 0.25) is 0 Å². The first-order chi connectivity index (χ1) is 14.2. The molecule has 0 fully saturated rings. The van der Waals surface area contributed by atoms with Gasteiger partial charge in [-0.05, 0) is 35.2 Å². The van der Waals surface area contributed by atoms with Crippen LogP contribution in [0.15, 0.2) is 59.5 Å². The molecule has 4 aromatic rings. The number of aromatic nitrogens is 4. The Bertz CT molecular complexity index is 1260. The van der Waals surface area contributed by atoms with Crippen molar-refractivity contribution in [2.75, 3.05) is 0 Å². The number of hydrogen-bond acceptors (Lipinski definition) is 4. The molecule has 0 aliphatic heterocycles. The number of benzene rings is 2. The number of aliphatic hydroxyl groups is 1. The normalized spacial score (nSPS) is 13.0. The zero-order valence-corrected chi connectivity index (χ0v) is 15.2. The monoisotopic (exact) mass is 418 g/mol. The van der Waals surface area contributed by atoms with Crippen molar-refractivity contribution in [1.82, 2.24) is 20.0 Å². The number of hydrogen-bond donors (Lipinski definition) is 2. The van der Waals surface area contributed by atoms with E-state index < -0.39 is 23.7 Å². The van der Waals surface area contributed by atoms with Gasteiger partial charge in [-0.3, -0.25) is 4.79 Å². The van der Waals surface area contributed by atoms with Crippen LogP contribution in [0.4, 0.5) is 17.6 Å². The maximum absolute atomic E-state index is 13.3. The van der Waals surface area contributed by atoms with E-state index in [0.29, 0.717) is 27.7 Å². The molecule has 30 heavy (non-hydrogen) atoms. The third-order valence-corrected chi connectivity index (χ3v) is 4.59. The van der Waals surface area contributed by atoms with Crippen LogP contribution in [-0.2, 0) is 6.54 Å². The van der Waals surface area contributed by atoms with Crippen LogP contribution in [0.3, 0.4) is 0 Å². The first kappa shape index (κ1) is 19.8. The van der Waals surface area contributed by atoms with Gasteiger partial charge < -0.3 is 10.1 Å². The van der Waals surface area contributed by atoms with Crippen molar-refractivity contribution in [1.29, 1.82) is 0 Å². The van der Waals surface area contributed by atoms with Crippen molar-refractivity contribution < 1.29 is 22.7 Å². The van der Waals surface area contributed by atoms with Gasteiger partial charge >= 0.3 is 6.18 Å². The molecule has 1 unspecified atom stereocenters. The quantitative estimate of drug-likeness (QED) is 0.497. The highest BCUT2D eigenvalue weighted by atomic mass is 19.4. The smallest absolute Gasteiger partial charge is 0.379 e. The van der Waals surface area contributed by atoms with Crippen LogP contribution >= 0.6 is 0 Å². The summed E-state index contributed by atoms with van der Waals surface area (Å²) in [6, 6.07) is 10.8. The van der Waals surface area contributed by atoms with E-state index in [2.05, 4.69) is 15.3 Å². The van der Waals surface area contributed by atoms with Crippen molar-refractivity contribution >= 4 is 10.9 Å². The zero-order chi connectivity index (χ0) is 21.5. The summed E-state index contributed by atoms with van der Waals surface area (Å²) in [6.45, 7) is 0.0977. The van der Waals surface area contributed by atoms with Gasteiger partial charge in [0.25, 0.3) is 5.56 Å². The molecule has 154 valence electrons. The molecule has 2 N–H and O–H groups in total. The van der Waals surface area contributed by atoms with Crippen molar-refractivity contribution in [3.63, 3.8) is 0 Å². The number of aliphatic hydroxyl groups excluding tert-OH is 1. The van der Waals surface area contributed by atoms with E-state index in [9.17, 15) is 27.5 Å². The number of alkyl halides is 3. The summed E-state index contributed by atoms with van der Waals surface area (Å²) in [6.07, 6.45) is -5.76. The Kier molecular flexibility index (Phi) is 4.86. The first-order valence-corrected chi connectivity index (χ1v) is 8.77. The maximum atomic E-state index is 13.3. The van der Waals surface area contributed by atoms with Crippen LogP contribution in [0, 0.1) is 5.82 Å². The summed E-state index contributed by atoms with van der Waals surface area (Å²) in [5.74, 6) is -0.458. The molecule has 0 spiro atoms. The minimum absolute atomic E-state index is 0.0977. The summed E-state index contributed by atoms with van der Waals surface area (Å²) in [5.41, 5.74) is 0.983. The van der Waals surface area contributed by atoms with Gasteiger partial charge in [0.2, 0.25) is 0 Å². The molecule has 2 heterocycles. The van der Waals surface area contributed by atoms with E-state index in [1.807, 2.05) is 0 Å². The Morgan fingerprint density at radius 2 is 1.83 bits per heavy atom. The summed E-state index contributed by atoms with van der Waals surface area (Å²) >= 11 is 0. The standard InChI is InChI=1S/C20H14F4N4O2/c21-15-6-5-13-7-14(19(30)25-16(13)8-15)9-28-10-17(26-27-28)11-1-3-12(4-2-11)18(29)20(22,23)24/h1-8,10,18,29H,9H2,(H,25,30). The van der Waals surface area contributed by atoms with Crippen LogP contribution in [-0.4, -0.2) is 31.3 Å². The number of pyridine rings is 1. The minimum atomic E-state index is -4.75. The van der Waals surface area contributed by atoms with E-state index in [-0.39, 0.29) is 12.1 Å². The van der Waals surface area contributed by atoms with Gasteiger partial charge in [-0.1, -0.05) is 29.5 Å². The number of nitrogens with one attached hydrogen (secondary N) is 1. The van der Waals surface area contributed by atoms with Crippen LogP contribution in [0.1, 0.15) is 17.2 Å². The molecule has 0 bridgehead atoms. The minimum Gasteiger partial charge on any atom is -0.379 e. The molecule has 6 nitrogen and oxygen atoms in total. The van der Waals surface area contributed by atoms with Gasteiger partial charge in [-0.2, -0.15) is 13.2 Å². The average molecular weight is 418 g/mol.